The number of imidazole rings is 1. The highest BCUT2D eigenvalue weighted by molar-refractivity contribution is 5.75. The van der Waals surface area contributed by atoms with Crippen LogP contribution in [0, 0.1) is 12.8 Å². The van der Waals surface area contributed by atoms with Crippen LogP contribution in [0.1, 0.15) is 12.2 Å². The summed E-state index contributed by atoms with van der Waals surface area (Å²) in [5.41, 5.74) is 2.31. The van der Waals surface area contributed by atoms with Gasteiger partial charge in [0.05, 0.1) is 17.6 Å². The average Bonchev–Trinajstić information content (AvgIpc) is 3.02. The summed E-state index contributed by atoms with van der Waals surface area (Å²) in [5.74, 6) is 1.79. The van der Waals surface area contributed by atoms with E-state index in [1.807, 2.05) is 6.07 Å². The van der Waals surface area contributed by atoms with E-state index in [1.54, 1.807) is 0 Å². The molecule has 0 spiro atoms. The first-order valence-electron chi connectivity index (χ1n) is 7.05. The van der Waals surface area contributed by atoms with E-state index in [9.17, 15) is 0 Å². The summed E-state index contributed by atoms with van der Waals surface area (Å²) in [6.45, 7) is 6.94. The van der Waals surface area contributed by atoms with Crippen LogP contribution in [-0.2, 0) is 11.3 Å². The fourth-order valence-corrected chi connectivity index (χ4v) is 2.72. The van der Waals surface area contributed by atoms with E-state index in [0.29, 0.717) is 5.92 Å². The summed E-state index contributed by atoms with van der Waals surface area (Å²) in [5, 5.41) is 3.53. The number of aromatic nitrogens is 2. The predicted molar refractivity (Wildman–Crippen MR) is 76.3 cm³/mol. The number of nitrogens with one attached hydrogen (secondary N) is 1. The monoisotopic (exact) mass is 259 g/mol. The molecule has 2 heterocycles. The second-order valence-corrected chi connectivity index (χ2v) is 5.23. The van der Waals surface area contributed by atoms with Gasteiger partial charge in [0.2, 0.25) is 0 Å². The highest BCUT2D eigenvalue weighted by Crippen LogP contribution is 2.15. The number of hydrogen-bond acceptors (Lipinski definition) is 3. The number of benzene rings is 1. The van der Waals surface area contributed by atoms with Gasteiger partial charge in [-0.25, -0.2) is 4.98 Å². The number of rotatable bonds is 5. The van der Waals surface area contributed by atoms with Crippen molar-refractivity contribution in [3.8, 4) is 0 Å². The van der Waals surface area contributed by atoms with Crippen molar-refractivity contribution in [1.82, 2.24) is 14.9 Å². The van der Waals surface area contributed by atoms with Crippen LogP contribution < -0.4 is 5.32 Å². The van der Waals surface area contributed by atoms with Crippen LogP contribution in [0.2, 0.25) is 0 Å². The molecule has 102 valence electrons. The number of hydrogen-bond donors (Lipinski definition) is 1. The number of ether oxygens (including phenoxy) is 1. The largest absolute Gasteiger partial charge is 0.381 e. The molecule has 0 saturated carbocycles. The van der Waals surface area contributed by atoms with Crippen molar-refractivity contribution >= 4 is 11.0 Å². The molecule has 1 N–H and O–H groups in total. The zero-order valence-electron chi connectivity index (χ0n) is 11.4. The summed E-state index contributed by atoms with van der Waals surface area (Å²) in [6, 6.07) is 8.32. The van der Waals surface area contributed by atoms with E-state index in [2.05, 4.69) is 40.0 Å². The minimum Gasteiger partial charge on any atom is -0.381 e. The summed E-state index contributed by atoms with van der Waals surface area (Å²) >= 11 is 0. The third kappa shape index (κ3) is 2.80. The fourth-order valence-electron chi connectivity index (χ4n) is 2.72. The number of aryl methyl sites for hydroxylation is 1. The van der Waals surface area contributed by atoms with E-state index in [-0.39, 0.29) is 0 Å². The van der Waals surface area contributed by atoms with E-state index < -0.39 is 0 Å². The van der Waals surface area contributed by atoms with Crippen LogP contribution in [0.15, 0.2) is 24.3 Å². The van der Waals surface area contributed by atoms with Gasteiger partial charge < -0.3 is 14.6 Å². The molecule has 1 aromatic carbocycles. The lowest BCUT2D eigenvalue weighted by molar-refractivity contribution is 0.185. The molecule has 0 aliphatic carbocycles. The van der Waals surface area contributed by atoms with Crippen LogP contribution in [-0.4, -0.2) is 35.9 Å². The Morgan fingerprint density at radius 3 is 3.16 bits per heavy atom. The lowest BCUT2D eigenvalue weighted by Crippen LogP contribution is -2.26. The topological polar surface area (TPSA) is 39.1 Å². The molecule has 0 radical (unpaired) electrons. The van der Waals surface area contributed by atoms with Gasteiger partial charge in [0.1, 0.15) is 5.82 Å². The smallest absolute Gasteiger partial charge is 0.106 e. The Hall–Kier alpha value is -1.39. The lowest BCUT2D eigenvalue weighted by Gasteiger charge is -2.11. The molecule has 1 aliphatic rings. The molecule has 0 bridgehead atoms. The van der Waals surface area contributed by atoms with Gasteiger partial charge in [-0.3, -0.25) is 0 Å². The Labute approximate surface area is 113 Å². The molecule has 1 unspecified atom stereocenters. The Balaban J connectivity index is 1.57. The van der Waals surface area contributed by atoms with Gasteiger partial charge in [0, 0.05) is 26.2 Å². The first-order chi connectivity index (χ1) is 9.34. The molecule has 1 aliphatic heterocycles. The molecule has 1 saturated heterocycles. The predicted octanol–water partition coefficient (Wildman–Crippen LogP) is 1.97. The van der Waals surface area contributed by atoms with Crippen molar-refractivity contribution in [1.29, 1.82) is 0 Å². The Morgan fingerprint density at radius 1 is 1.42 bits per heavy atom. The van der Waals surface area contributed by atoms with Gasteiger partial charge in [-0.1, -0.05) is 12.1 Å². The highest BCUT2D eigenvalue weighted by atomic mass is 16.5. The summed E-state index contributed by atoms with van der Waals surface area (Å²) in [7, 11) is 0. The molecule has 1 fully saturated rings. The first kappa shape index (κ1) is 12.6. The standard InChI is InChI=1S/C15H21N3O/c1-12-17-14-4-2-3-5-15(14)18(12)8-7-16-10-13-6-9-19-11-13/h2-5,13,16H,6-11H2,1H3. The van der Waals surface area contributed by atoms with Gasteiger partial charge in [-0.05, 0) is 31.4 Å². The minimum absolute atomic E-state index is 0.695. The number of para-hydroxylation sites is 2. The second kappa shape index (κ2) is 5.72. The maximum absolute atomic E-state index is 5.38. The molecule has 0 amide bonds. The Morgan fingerprint density at radius 2 is 2.32 bits per heavy atom. The van der Waals surface area contributed by atoms with Crippen molar-refractivity contribution in [2.24, 2.45) is 5.92 Å². The molecule has 19 heavy (non-hydrogen) atoms. The van der Waals surface area contributed by atoms with Crippen molar-refractivity contribution in [2.75, 3.05) is 26.3 Å². The van der Waals surface area contributed by atoms with Crippen molar-refractivity contribution in [3.63, 3.8) is 0 Å². The number of fused-ring (bicyclic) bond motifs is 1. The van der Waals surface area contributed by atoms with Gasteiger partial charge >= 0.3 is 0 Å². The zero-order valence-corrected chi connectivity index (χ0v) is 11.4. The average molecular weight is 259 g/mol. The third-order valence-corrected chi connectivity index (χ3v) is 3.81. The maximum atomic E-state index is 5.38. The molecule has 4 nitrogen and oxygen atoms in total. The highest BCUT2D eigenvalue weighted by Gasteiger charge is 2.14. The third-order valence-electron chi connectivity index (χ3n) is 3.81. The molecular weight excluding hydrogens is 238 g/mol. The first-order valence-corrected chi connectivity index (χ1v) is 7.05. The molecular formula is C15H21N3O. The van der Waals surface area contributed by atoms with Crippen LogP contribution in [0.5, 0.6) is 0 Å². The summed E-state index contributed by atoms with van der Waals surface area (Å²) in [6.07, 6.45) is 1.19. The van der Waals surface area contributed by atoms with Gasteiger partial charge in [0.15, 0.2) is 0 Å². The summed E-state index contributed by atoms with van der Waals surface area (Å²) < 4.78 is 7.67. The van der Waals surface area contributed by atoms with Crippen LogP contribution in [0.25, 0.3) is 11.0 Å². The SMILES string of the molecule is Cc1nc2ccccc2n1CCNCC1CCOC1. The lowest BCUT2D eigenvalue weighted by atomic mass is 10.1. The maximum Gasteiger partial charge on any atom is 0.106 e. The normalized spacial score (nSPS) is 19.3. The van der Waals surface area contributed by atoms with Gasteiger partial charge in [0.25, 0.3) is 0 Å². The van der Waals surface area contributed by atoms with E-state index in [0.717, 1.165) is 44.2 Å². The molecule has 4 heteroatoms. The second-order valence-electron chi connectivity index (χ2n) is 5.23. The van der Waals surface area contributed by atoms with Gasteiger partial charge in [-0.2, -0.15) is 0 Å². The van der Waals surface area contributed by atoms with Crippen molar-refractivity contribution in [3.05, 3.63) is 30.1 Å². The molecule has 3 rings (SSSR count). The Bertz CT molecular complexity index is 543. The quantitative estimate of drug-likeness (QED) is 0.834. The van der Waals surface area contributed by atoms with Crippen LogP contribution in [0.3, 0.4) is 0 Å². The molecule has 1 aromatic heterocycles. The van der Waals surface area contributed by atoms with Gasteiger partial charge in [-0.15, -0.1) is 0 Å². The Kier molecular flexibility index (Phi) is 3.80. The fraction of sp³-hybridized carbons (Fsp3) is 0.533. The van der Waals surface area contributed by atoms with E-state index in [1.165, 1.54) is 11.9 Å². The van der Waals surface area contributed by atoms with E-state index in [4.69, 9.17) is 4.74 Å². The summed E-state index contributed by atoms with van der Waals surface area (Å²) in [4.78, 5) is 4.58. The van der Waals surface area contributed by atoms with Crippen LogP contribution >= 0.6 is 0 Å². The van der Waals surface area contributed by atoms with Crippen molar-refractivity contribution in [2.45, 2.75) is 19.9 Å². The van der Waals surface area contributed by atoms with E-state index >= 15 is 0 Å². The zero-order chi connectivity index (χ0) is 13.1. The van der Waals surface area contributed by atoms with Crippen molar-refractivity contribution < 1.29 is 4.74 Å². The minimum atomic E-state index is 0.695. The van der Waals surface area contributed by atoms with Crippen LogP contribution in [0.4, 0.5) is 0 Å². The molecule has 2 aromatic rings. The molecule has 1 atom stereocenters. The number of nitrogens with zero attached hydrogens (tertiary/aromatic N) is 2.